The summed E-state index contributed by atoms with van der Waals surface area (Å²) in [7, 11) is 0. The Morgan fingerprint density at radius 2 is 2.00 bits per heavy atom. The van der Waals surface area contributed by atoms with E-state index in [0.29, 0.717) is 11.9 Å². The molecule has 1 aromatic carbocycles. The van der Waals surface area contributed by atoms with Gasteiger partial charge in [0.05, 0.1) is 12.5 Å². The first-order valence-corrected chi connectivity index (χ1v) is 8.97. The predicted molar refractivity (Wildman–Crippen MR) is 90.1 cm³/mol. The van der Waals surface area contributed by atoms with Gasteiger partial charge < -0.3 is 4.90 Å². The molecular formula is C19H21NOS. The highest BCUT2D eigenvalue weighted by molar-refractivity contribution is 7.11. The van der Waals surface area contributed by atoms with Crippen molar-refractivity contribution in [3.63, 3.8) is 0 Å². The molecule has 0 radical (unpaired) electrons. The number of rotatable bonds is 4. The predicted octanol–water partition coefficient (Wildman–Crippen LogP) is 4.28. The van der Waals surface area contributed by atoms with E-state index in [1.165, 1.54) is 33.7 Å². The maximum Gasteiger partial charge on any atom is 0.230 e. The van der Waals surface area contributed by atoms with Gasteiger partial charge in [0.15, 0.2) is 0 Å². The summed E-state index contributed by atoms with van der Waals surface area (Å²) in [5.41, 5.74) is 2.63. The van der Waals surface area contributed by atoms with Crippen molar-refractivity contribution in [3.05, 3.63) is 57.3 Å². The van der Waals surface area contributed by atoms with Gasteiger partial charge in [-0.15, -0.1) is 11.3 Å². The molecule has 2 aliphatic carbocycles. The van der Waals surface area contributed by atoms with Crippen LogP contribution in [0.15, 0.2) is 36.4 Å². The summed E-state index contributed by atoms with van der Waals surface area (Å²) in [5, 5.41) is 0. The molecule has 0 spiro atoms. The molecule has 2 aromatic rings. The number of aryl methyl sites for hydroxylation is 2. The molecule has 1 heterocycles. The van der Waals surface area contributed by atoms with E-state index >= 15 is 0 Å². The summed E-state index contributed by atoms with van der Waals surface area (Å²) in [6.45, 7) is 2.92. The van der Waals surface area contributed by atoms with Gasteiger partial charge >= 0.3 is 0 Å². The van der Waals surface area contributed by atoms with Crippen LogP contribution in [0.5, 0.6) is 0 Å². The minimum atomic E-state index is 0.0814. The lowest BCUT2D eigenvalue weighted by Crippen LogP contribution is -2.35. The SMILES string of the molecule is Cc1ccc(CN(C(=O)C2CCc3ccccc32)C2CC2)s1. The summed E-state index contributed by atoms with van der Waals surface area (Å²) in [6.07, 6.45) is 4.36. The minimum absolute atomic E-state index is 0.0814. The first kappa shape index (κ1) is 14.0. The Kier molecular flexibility index (Phi) is 3.53. The van der Waals surface area contributed by atoms with Crippen LogP contribution in [0.2, 0.25) is 0 Å². The minimum Gasteiger partial charge on any atom is -0.334 e. The third-order valence-electron chi connectivity index (χ3n) is 4.82. The molecule has 1 aromatic heterocycles. The van der Waals surface area contributed by atoms with Crippen molar-refractivity contribution >= 4 is 17.2 Å². The number of thiophene rings is 1. The lowest BCUT2D eigenvalue weighted by Gasteiger charge is -2.25. The molecule has 1 saturated carbocycles. The van der Waals surface area contributed by atoms with Crippen molar-refractivity contribution in [2.75, 3.05) is 0 Å². The second-order valence-corrected chi connectivity index (χ2v) is 7.87. The van der Waals surface area contributed by atoms with E-state index in [9.17, 15) is 4.79 Å². The van der Waals surface area contributed by atoms with Crippen molar-refractivity contribution < 1.29 is 4.79 Å². The van der Waals surface area contributed by atoms with Crippen LogP contribution >= 0.6 is 11.3 Å². The Labute approximate surface area is 135 Å². The van der Waals surface area contributed by atoms with Gasteiger partial charge in [0, 0.05) is 15.8 Å². The quantitative estimate of drug-likeness (QED) is 0.825. The third-order valence-corrected chi connectivity index (χ3v) is 5.81. The number of amides is 1. The zero-order valence-electron chi connectivity index (χ0n) is 12.9. The van der Waals surface area contributed by atoms with E-state index < -0.39 is 0 Å². The van der Waals surface area contributed by atoms with E-state index in [-0.39, 0.29) is 5.92 Å². The van der Waals surface area contributed by atoms with Gasteiger partial charge in [-0.3, -0.25) is 4.79 Å². The standard InChI is InChI=1S/C19H21NOS/c1-13-6-10-16(22-13)12-20(15-8-9-15)19(21)18-11-7-14-4-2-3-5-17(14)18/h2-6,10,15,18H,7-9,11-12H2,1H3. The van der Waals surface area contributed by atoms with Crippen LogP contribution in [0, 0.1) is 6.92 Å². The van der Waals surface area contributed by atoms with Crippen LogP contribution in [0.1, 0.15) is 46.1 Å². The van der Waals surface area contributed by atoms with E-state index in [1.54, 1.807) is 0 Å². The van der Waals surface area contributed by atoms with Crippen LogP contribution in [-0.4, -0.2) is 16.8 Å². The molecule has 3 heteroatoms. The molecule has 1 unspecified atom stereocenters. The van der Waals surface area contributed by atoms with Crippen molar-refractivity contribution in [1.82, 2.24) is 4.90 Å². The summed E-state index contributed by atoms with van der Waals surface area (Å²) in [6, 6.07) is 13.3. The van der Waals surface area contributed by atoms with Gasteiger partial charge in [0.1, 0.15) is 0 Å². The zero-order valence-corrected chi connectivity index (χ0v) is 13.7. The lowest BCUT2D eigenvalue weighted by atomic mass is 9.99. The van der Waals surface area contributed by atoms with Crippen molar-refractivity contribution in [1.29, 1.82) is 0 Å². The molecule has 0 aliphatic heterocycles. The fourth-order valence-electron chi connectivity index (χ4n) is 3.52. The van der Waals surface area contributed by atoms with E-state index in [0.717, 1.165) is 19.4 Å². The molecule has 114 valence electrons. The number of hydrogen-bond donors (Lipinski definition) is 0. The smallest absolute Gasteiger partial charge is 0.230 e. The fourth-order valence-corrected chi connectivity index (χ4v) is 4.41. The highest BCUT2D eigenvalue weighted by Crippen LogP contribution is 2.38. The monoisotopic (exact) mass is 311 g/mol. The van der Waals surface area contributed by atoms with Gasteiger partial charge in [-0.1, -0.05) is 24.3 Å². The fraction of sp³-hybridized carbons (Fsp3) is 0.421. The van der Waals surface area contributed by atoms with Crippen LogP contribution in [-0.2, 0) is 17.8 Å². The molecule has 1 amide bonds. The van der Waals surface area contributed by atoms with E-state index in [2.05, 4.69) is 48.2 Å². The molecule has 22 heavy (non-hydrogen) atoms. The summed E-state index contributed by atoms with van der Waals surface area (Å²) < 4.78 is 0. The molecule has 1 atom stereocenters. The van der Waals surface area contributed by atoms with Gasteiger partial charge in [-0.2, -0.15) is 0 Å². The summed E-state index contributed by atoms with van der Waals surface area (Å²) in [5.74, 6) is 0.427. The molecule has 2 aliphatic rings. The zero-order chi connectivity index (χ0) is 15.1. The highest BCUT2D eigenvalue weighted by Gasteiger charge is 2.38. The topological polar surface area (TPSA) is 20.3 Å². The molecule has 1 fully saturated rings. The van der Waals surface area contributed by atoms with E-state index in [4.69, 9.17) is 0 Å². The average Bonchev–Trinajstić information content (AvgIpc) is 3.14. The van der Waals surface area contributed by atoms with Crippen LogP contribution in [0.4, 0.5) is 0 Å². The maximum atomic E-state index is 13.1. The lowest BCUT2D eigenvalue weighted by molar-refractivity contribution is -0.134. The molecule has 0 saturated heterocycles. The van der Waals surface area contributed by atoms with E-state index in [1.807, 2.05) is 11.3 Å². The first-order valence-electron chi connectivity index (χ1n) is 8.16. The maximum absolute atomic E-state index is 13.1. The number of hydrogen-bond acceptors (Lipinski definition) is 2. The number of fused-ring (bicyclic) bond motifs is 1. The van der Waals surface area contributed by atoms with Crippen molar-refractivity contribution in [2.24, 2.45) is 0 Å². The number of benzene rings is 1. The number of nitrogens with zero attached hydrogens (tertiary/aromatic N) is 1. The number of carbonyl (C=O) groups is 1. The van der Waals surface area contributed by atoms with Crippen LogP contribution in [0.3, 0.4) is 0 Å². The van der Waals surface area contributed by atoms with Crippen LogP contribution < -0.4 is 0 Å². The number of carbonyl (C=O) groups excluding carboxylic acids is 1. The summed E-state index contributed by atoms with van der Waals surface area (Å²) >= 11 is 1.81. The Morgan fingerprint density at radius 1 is 1.18 bits per heavy atom. The van der Waals surface area contributed by atoms with Crippen molar-refractivity contribution in [3.8, 4) is 0 Å². The van der Waals surface area contributed by atoms with Gasteiger partial charge in [-0.05, 0) is 55.9 Å². The molecule has 4 rings (SSSR count). The Balaban J connectivity index is 1.57. The van der Waals surface area contributed by atoms with Gasteiger partial charge in [0.2, 0.25) is 5.91 Å². The average molecular weight is 311 g/mol. The second kappa shape index (κ2) is 5.54. The molecular weight excluding hydrogens is 290 g/mol. The molecule has 2 nitrogen and oxygen atoms in total. The third kappa shape index (κ3) is 2.58. The van der Waals surface area contributed by atoms with Gasteiger partial charge in [0.25, 0.3) is 0 Å². The molecule has 0 N–H and O–H groups in total. The molecule has 0 bridgehead atoms. The van der Waals surface area contributed by atoms with Gasteiger partial charge in [-0.25, -0.2) is 0 Å². The van der Waals surface area contributed by atoms with Crippen LogP contribution in [0.25, 0.3) is 0 Å². The highest BCUT2D eigenvalue weighted by atomic mass is 32.1. The second-order valence-electron chi connectivity index (χ2n) is 6.50. The summed E-state index contributed by atoms with van der Waals surface area (Å²) in [4.78, 5) is 17.9. The normalized spacial score (nSPS) is 20.0. The largest absolute Gasteiger partial charge is 0.334 e. The van der Waals surface area contributed by atoms with Crippen molar-refractivity contribution in [2.45, 2.75) is 51.1 Å². The Hall–Kier alpha value is -1.61. The Morgan fingerprint density at radius 3 is 2.73 bits per heavy atom. The first-order chi connectivity index (χ1) is 10.7. The Bertz CT molecular complexity index is 701.